The van der Waals surface area contributed by atoms with Crippen LogP contribution in [-0.2, 0) is 25.7 Å². The number of hydrogen-bond donors (Lipinski definition) is 1. The monoisotopic (exact) mass is 1150 g/mol. The van der Waals surface area contributed by atoms with Crippen molar-refractivity contribution in [3.63, 3.8) is 0 Å². The van der Waals surface area contributed by atoms with Crippen LogP contribution in [0, 0.1) is 18.7 Å². The van der Waals surface area contributed by atoms with Gasteiger partial charge in [0.15, 0.2) is 6.61 Å². The summed E-state index contributed by atoms with van der Waals surface area (Å²) in [6, 6.07) is 17.4. The first-order valence-corrected chi connectivity index (χ1v) is 30.0. The Hall–Kier alpha value is -6.60. The second-order valence-corrected chi connectivity index (χ2v) is 23.5. The molecule has 0 aliphatic carbocycles. The number of esters is 1. The van der Waals surface area contributed by atoms with E-state index in [1.165, 1.54) is 42.7 Å². The zero-order valence-electron chi connectivity index (χ0n) is 51.9. The molecule has 3 aliphatic heterocycles. The van der Waals surface area contributed by atoms with Gasteiger partial charge in [-0.15, -0.1) is 0 Å². The highest BCUT2D eigenvalue weighted by atomic mass is 35.5. The number of benzene rings is 4. The number of hydrogen-bond acceptors (Lipinski definition) is 9. The number of piperidine rings is 1. The number of halogens is 2. The summed E-state index contributed by atoms with van der Waals surface area (Å²) in [5, 5.41) is 5.10. The number of ether oxygens (including phenoxy) is 3. The zero-order valence-corrected chi connectivity index (χ0v) is 52.7. The van der Waals surface area contributed by atoms with Crippen LogP contribution < -0.4 is 19.7 Å². The van der Waals surface area contributed by atoms with Gasteiger partial charge in [0.25, 0.3) is 11.8 Å². The van der Waals surface area contributed by atoms with Crippen LogP contribution in [0.1, 0.15) is 173 Å². The van der Waals surface area contributed by atoms with Gasteiger partial charge in [0.2, 0.25) is 5.91 Å². The maximum Gasteiger partial charge on any atom is 0.334 e. The fraction of sp³-hybridized carbons (Fsp3) is 0.500. The van der Waals surface area contributed by atoms with Crippen LogP contribution in [0.25, 0.3) is 21.9 Å². The molecule has 0 radical (unpaired) electrons. The quantitative estimate of drug-likeness (QED) is 0.0494. The second-order valence-electron chi connectivity index (χ2n) is 23.1. The summed E-state index contributed by atoms with van der Waals surface area (Å²) in [6.45, 7) is 31.6. The predicted molar refractivity (Wildman–Crippen MR) is 335 cm³/mol. The summed E-state index contributed by atoms with van der Waals surface area (Å²) in [5.74, 6) is 1.15. The average Bonchev–Trinajstić information content (AvgIpc) is 2.66. The Morgan fingerprint density at radius 3 is 2.26 bits per heavy atom. The van der Waals surface area contributed by atoms with E-state index in [0.717, 1.165) is 75.2 Å². The number of anilines is 1. The van der Waals surface area contributed by atoms with Gasteiger partial charge in [-0.1, -0.05) is 103 Å². The van der Waals surface area contributed by atoms with Gasteiger partial charge in [0, 0.05) is 90.4 Å². The number of rotatable bonds is 21. The van der Waals surface area contributed by atoms with Crippen LogP contribution in [0.4, 0.5) is 10.1 Å². The van der Waals surface area contributed by atoms with Gasteiger partial charge in [-0.25, -0.2) is 9.18 Å². The van der Waals surface area contributed by atoms with E-state index in [4.69, 9.17) is 25.8 Å². The van der Waals surface area contributed by atoms with Crippen molar-refractivity contribution in [3.05, 3.63) is 135 Å². The number of carbonyl (C=O) groups is 4. The fourth-order valence-electron chi connectivity index (χ4n) is 10.7. The molecule has 2 unspecified atom stereocenters. The standard InChI is InChI=1S/C37H43ClFNO3.C24H34N4O4.C7H16/c1-9-28(36(41)43-37(5,6)7)31(13-11-21-42-33-14-10-12-26-22-27(39)15-16-30(26)33)29-17-18-32(38)35(24(29)3)34-23(2)19-20-40(8)25(34)4;1-6-12-27(13-7-2)21(29)15-32-22-18-14-28(20-10-8-16(3)25-23(20)30)24(31)17(18)9-11-19(22)26(4)5;1-4-6-7(3)5-2/h10,12,14-19,22H,9,11,13,20-21H2,1-8H3;9,11,20H,3,6-8,10,12-15H2,1-2,4-5H3,(H,25,30);7H,4-6H2,1-3H3/b31-28+;;. The molecule has 4 aromatic carbocycles. The van der Waals surface area contributed by atoms with E-state index in [9.17, 15) is 23.6 Å². The van der Waals surface area contributed by atoms with E-state index in [2.05, 4.69) is 71.5 Å². The van der Waals surface area contributed by atoms with Gasteiger partial charge in [0.05, 0.1) is 18.8 Å². The number of amides is 3. The van der Waals surface area contributed by atoms with Crippen molar-refractivity contribution in [2.45, 2.75) is 165 Å². The smallest absolute Gasteiger partial charge is 0.334 e. The third-order valence-corrected chi connectivity index (χ3v) is 15.7. The van der Waals surface area contributed by atoms with Crippen molar-refractivity contribution in [1.82, 2.24) is 20.0 Å². The molecule has 0 saturated carbocycles. The van der Waals surface area contributed by atoms with Crippen LogP contribution in [0.5, 0.6) is 11.5 Å². The molecule has 7 rings (SSSR count). The molecule has 1 N–H and O–H groups in total. The lowest BCUT2D eigenvalue weighted by atomic mass is 9.84. The van der Waals surface area contributed by atoms with Crippen molar-refractivity contribution in [1.29, 1.82) is 0 Å². The molecule has 1 saturated heterocycles. The molecule has 3 amide bonds. The molecule has 3 aliphatic rings. The molecule has 0 spiro atoms. The van der Waals surface area contributed by atoms with Crippen molar-refractivity contribution in [2.75, 3.05) is 58.9 Å². The van der Waals surface area contributed by atoms with Gasteiger partial charge >= 0.3 is 5.97 Å². The Morgan fingerprint density at radius 1 is 0.939 bits per heavy atom. The first-order valence-electron chi connectivity index (χ1n) is 29.6. The topological polar surface area (TPSA) is 121 Å². The highest BCUT2D eigenvalue weighted by Gasteiger charge is 2.40. The normalized spacial score (nSPS) is 15.8. The van der Waals surface area contributed by atoms with E-state index in [1.54, 1.807) is 17.0 Å². The first kappa shape index (κ1) is 66.2. The molecule has 446 valence electrons. The SMILES string of the molecule is C=C1CCC(N2Cc3c(ccc(N(C)C)c3OCC(=O)N(CCC)CCC)C2=O)C(=O)N1.CC/C(C(=O)OC(C)(C)C)=C(/CCCOc1cccc2cc(F)ccc12)c1ccc(Cl)c(C2=C(C)N(C)CC=C2C)c1C.CCCC(C)CC. The summed E-state index contributed by atoms with van der Waals surface area (Å²) in [6.07, 6.45) is 11.1. The van der Waals surface area contributed by atoms with Gasteiger partial charge in [-0.3, -0.25) is 14.4 Å². The summed E-state index contributed by atoms with van der Waals surface area (Å²) in [5.41, 5.74) is 10.2. The summed E-state index contributed by atoms with van der Waals surface area (Å²) in [7, 11) is 5.87. The number of nitrogens with zero attached hydrogens (tertiary/aromatic N) is 4. The molecular weight excluding hydrogens is 1050 g/mol. The van der Waals surface area contributed by atoms with Crippen LogP contribution in [0.15, 0.2) is 95.9 Å². The van der Waals surface area contributed by atoms with Crippen molar-refractivity contribution >= 4 is 62.9 Å². The van der Waals surface area contributed by atoms with Crippen LogP contribution in [0.2, 0.25) is 5.02 Å². The van der Waals surface area contributed by atoms with E-state index >= 15 is 0 Å². The highest BCUT2D eigenvalue weighted by molar-refractivity contribution is 6.33. The van der Waals surface area contributed by atoms with Crippen LogP contribution in [0.3, 0.4) is 0 Å². The summed E-state index contributed by atoms with van der Waals surface area (Å²) in [4.78, 5) is 59.5. The number of likely N-dealkylation sites (N-methyl/N-ethyl adjacent to an activating group) is 1. The minimum Gasteiger partial charge on any atom is -0.493 e. The molecule has 4 aromatic rings. The first-order chi connectivity index (χ1) is 38.9. The minimum absolute atomic E-state index is 0.0673. The van der Waals surface area contributed by atoms with Gasteiger partial charge in [-0.05, 0) is 163 Å². The number of nitrogens with one attached hydrogen (secondary N) is 1. The van der Waals surface area contributed by atoms with E-state index in [0.29, 0.717) is 85.2 Å². The zero-order chi connectivity index (χ0) is 60.6. The molecule has 14 heteroatoms. The molecule has 1 fully saturated rings. The third kappa shape index (κ3) is 17.0. The van der Waals surface area contributed by atoms with Gasteiger partial charge in [0.1, 0.15) is 29.0 Å². The number of carbonyl (C=O) groups excluding carboxylic acids is 4. The van der Waals surface area contributed by atoms with E-state index < -0.39 is 11.6 Å². The van der Waals surface area contributed by atoms with E-state index in [1.807, 2.05) is 102 Å². The molecule has 0 aromatic heterocycles. The average molecular weight is 1150 g/mol. The summed E-state index contributed by atoms with van der Waals surface area (Å²) < 4.78 is 31.9. The lowest BCUT2D eigenvalue weighted by Crippen LogP contribution is -2.49. The fourth-order valence-corrected chi connectivity index (χ4v) is 11.0. The Labute approximate surface area is 494 Å². The van der Waals surface area contributed by atoms with Crippen molar-refractivity contribution in [2.24, 2.45) is 5.92 Å². The largest absolute Gasteiger partial charge is 0.493 e. The molecule has 0 bridgehead atoms. The molecule has 3 heterocycles. The Kier molecular flexibility index (Phi) is 24.7. The van der Waals surface area contributed by atoms with Crippen molar-refractivity contribution in [3.8, 4) is 11.5 Å². The number of fused-ring (bicyclic) bond motifs is 2. The van der Waals surface area contributed by atoms with Crippen LogP contribution >= 0.6 is 11.6 Å². The highest BCUT2D eigenvalue weighted by Crippen LogP contribution is 2.43. The Morgan fingerprint density at radius 2 is 1.65 bits per heavy atom. The predicted octanol–water partition coefficient (Wildman–Crippen LogP) is 15.3. The van der Waals surface area contributed by atoms with Crippen molar-refractivity contribution < 1.29 is 37.8 Å². The molecule has 12 nitrogen and oxygen atoms in total. The Bertz CT molecular complexity index is 3020. The Balaban J connectivity index is 0.000000278. The van der Waals surface area contributed by atoms with Gasteiger partial charge in [-0.2, -0.15) is 0 Å². The minimum atomic E-state index is -0.615. The molecule has 82 heavy (non-hydrogen) atoms. The maximum atomic E-state index is 13.8. The summed E-state index contributed by atoms with van der Waals surface area (Å²) >= 11 is 6.90. The lowest BCUT2D eigenvalue weighted by molar-refractivity contribution is -0.150. The third-order valence-electron chi connectivity index (χ3n) is 15.4. The maximum absolute atomic E-state index is 13.8. The molecule has 2 atom stereocenters. The lowest BCUT2D eigenvalue weighted by Gasteiger charge is -2.31. The van der Waals surface area contributed by atoms with E-state index in [-0.39, 0.29) is 42.7 Å². The van der Waals surface area contributed by atoms with Crippen LogP contribution in [-0.4, -0.2) is 104 Å². The second kappa shape index (κ2) is 30.6. The van der Waals surface area contributed by atoms with Gasteiger partial charge < -0.3 is 39.1 Å². The number of allylic oxidation sites excluding steroid dienone is 5. The molecular formula is C68H93ClFN5O7.